The van der Waals surface area contributed by atoms with Gasteiger partial charge in [0.05, 0.1) is 18.3 Å². The summed E-state index contributed by atoms with van der Waals surface area (Å²) in [6, 6.07) is 0. The normalized spacial score (nSPS) is 15.7. The zero-order valence-electron chi connectivity index (χ0n) is 15.7. The topological polar surface area (TPSA) is 98.0 Å². The van der Waals surface area contributed by atoms with Gasteiger partial charge in [-0.05, 0) is 43.9 Å². The van der Waals surface area contributed by atoms with Gasteiger partial charge in [0.25, 0.3) is 0 Å². The molecule has 0 radical (unpaired) electrons. The number of hydrogen-bond donors (Lipinski definition) is 4. The van der Waals surface area contributed by atoms with Gasteiger partial charge in [0.15, 0.2) is 0 Å². The van der Waals surface area contributed by atoms with Crippen LogP contribution in [0.4, 0.5) is 0 Å². The Labute approximate surface area is 161 Å². The second-order valence-electron chi connectivity index (χ2n) is 5.77. The maximum Gasteiger partial charge on any atom is 0.303 e. The van der Waals surface area contributed by atoms with E-state index in [0.29, 0.717) is 12.8 Å². The number of carboxylic acids is 1. The summed E-state index contributed by atoms with van der Waals surface area (Å²) < 4.78 is 0. The highest BCUT2D eigenvalue weighted by Crippen LogP contribution is 2.03. The van der Waals surface area contributed by atoms with E-state index < -0.39 is 24.3 Å². The first-order valence-electron chi connectivity index (χ1n) is 9.04. The van der Waals surface area contributed by atoms with Gasteiger partial charge < -0.3 is 20.4 Å². The van der Waals surface area contributed by atoms with Crippen LogP contribution < -0.4 is 0 Å². The molecule has 0 rings (SSSR count). The Kier molecular flexibility index (Phi) is 15.5. The van der Waals surface area contributed by atoms with Crippen LogP contribution in [0, 0.1) is 11.8 Å². The first-order chi connectivity index (χ1) is 13.0. The van der Waals surface area contributed by atoms with Crippen molar-refractivity contribution in [3.05, 3.63) is 60.8 Å². The third-order valence-electron chi connectivity index (χ3n) is 3.33. The van der Waals surface area contributed by atoms with Crippen molar-refractivity contribution in [3.63, 3.8) is 0 Å². The lowest BCUT2D eigenvalue weighted by atomic mass is 10.1. The van der Waals surface area contributed by atoms with E-state index in [2.05, 4.69) is 11.8 Å². The predicted octanol–water partition coefficient (Wildman–Crippen LogP) is 2.91. The molecule has 4 N–H and O–H groups in total. The van der Waals surface area contributed by atoms with Crippen molar-refractivity contribution < 1.29 is 25.2 Å². The molecule has 0 saturated heterocycles. The number of carboxylic acid groups (broad SMARTS) is 1. The van der Waals surface area contributed by atoms with Crippen LogP contribution in [-0.4, -0.2) is 44.7 Å². The van der Waals surface area contributed by atoms with Gasteiger partial charge in [0.1, 0.15) is 0 Å². The van der Waals surface area contributed by atoms with Crippen LogP contribution in [0.5, 0.6) is 0 Å². The third kappa shape index (κ3) is 16.8. The summed E-state index contributed by atoms with van der Waals surface area (Å²) >= 11 is 0. The number of hydrogen-bond acceptors (Lipinski definition) is 4. The number of carbonyl (C=O) groups is 1. The fraction of sp³-hybridized carbons (Fsp3) is 0.409. The number of aliphatic carboxylic acids is 1. The quantitative estimate of drug-likeness (QED) is 0.239. The number of allylic oxidation sites excluding steroid dienone is 6. The highest BCUT2D eigenvalue weighted by Gasteiger charge is 2.10. The fourth-order valence-electron chi connectivity index (χ4n) is 1.85. The average Bonchev–Trinajstić information content (AvgIpc) is 2.63. The van der Waals surface area contributed by atoms with E-state index in [0.717, 1.165) is 6.42 Å². The molecule has 0 aliphatic rings. The molecule has 0 bridgehead atoms. The van der Waals surface area contributed by atoms with Gasteiger partial charge in [-0.25, -0.2) is 0 Å². The van der Waals surface area contributed by atoms with Crippen molar-refractivity contribution in [2.75, 3.05) is 0 Å². The summed E-state index contributed by atoms with van der Waals surface area (Å²) in [5.74, 6) is 4.67. The van der Waals surface area contributed by atoms with Gasteiger partial charge in [-0.15, -0.1) is 0 Å². The van der Waals surface area contributed by atoms with Crippen LogP contribution in [0.15, 0.2) is 60.8 Å². The van der Waals surface area contributed by atoms with Crippen molar-refractivity contribution in [1.82, 2.24) is 0 Å². The van der Waals surface area contributed by atoms with Crippen molar-refractivity contribution >= 4 is 5.97 Å². The van der Waals surface area contributed by atoms with Gasteiger partial charge in [-0.1, -0.05) is 61.3 Å². The summed E-state index contributed by atoms with van der Waals surface area (Å²) in [5, 5.41) is 37.7. The monoisotopic (exact) mass is 374 g/mol. The highest BCUT2D eigenvalue weighted by atomic mass is 16.4. The van der Waals surface area contributed by atoms with E-state index in [4.69, 9.17) is 5.11 Å². The molecule has 0 fully saturated rings. The lowest BCUT2D eigenvalue weighted by molar-refractivity contribution is -0.136. The smallest absolute Gasteiger partial charge is 0.303 e. The summed E-state index contributed by atoms with van der Waals surface area (Å²) in [6.45, 7) is 2.03. The molecule has 5 heteroatoms. The first kappa shape index (κ1) is 24.6. The second-order valence-corrected chi connectivity index (χ2v) is 5.77. The van der Waals surface area contributed by atoms with E-state index in [9.17, 15) is 20.1 Å². The molecular formula is C22H30O5. The molecule has 0 aromatic carbocycles. The Bertz CT molecular complexity index is 602. The molecule has 0 aliphatic heterocycles. The molecule has 0 aromatic rings. The molecule has 0 saturated carbocycles. The lowest BCUT2D eigenvalue weighted by Crippen LogP contribution is -2.22. The Hall–Kier alpha value is -2.39. The third-order valence-corrected chi connectivity index (χ3v) is 3.33. The molecule has 3 atom stereocenters. The molecule has 0 spiro atoms. The largest absolute Gasteiger partial charge is 0.481 e. The van der Waals surface area contributed by atoms with Crippen LogP contribution in [0.25, 0.3) is 0 Å². The molecule has 0 aromatic heterocycles. The Balaban J connectivity index is 4.11. The Morgan fingerprint density at radius 2 is 1.63 bits per heavy atom. The summed E-state index contributed by atoms with van der Waals surface area (Å²) in [5.41, 5.74) is 0. The zero-order chi connectivity index (χ0) is 20.3. The summed E-state index contributed by atoms with van der Waals surface area (Å²) in [6.07, 6.45) is 16.4. The van der Waals surface area contributed by atoms with Crippen molar-refractivity contribution in [1.29, 1.82) is 0 Å². The average molecular weight is 374 g/mol. The molecular weight excluding hydrogens is 344 g/mol. The Morgan fingerprint density at radius 1 is 0.926 bits per heavy atom. The van der Waals surface area contributed by atoms with Crippen LogP contribution >= 0.6 is 0 Å². The van der Waals surface area contributed by atoms with Crippen LogP contribution in [0.3, 0.4) is 0 Å². The maximum absolute atomic E-state index is 10.3. The van der Waals surface area contributed by atoms with E-state index in [-0.39, 0.29) is 12.8 Å². The summed E-state index contributed by atoms with van der Waals surface area (Å²) in [4.78, 5) is 10.3. The van der Waals surface area contributed by atoms with Crippen LogP contribution in [0.1, 0.15) is 39.0 Å². The Morgan fingerprint density at radius 3 is 2.33 bits per heavy atom. The molecule has 0 aliphatic carbocycles. The van der Waals surface area contributed by atoms with Crippen LogP contribution in [0.2, 0.25) is 0 Å². The highest BCUT2D eigenvalue weighted by molar-refractivity contribution is 5.66. The number of aliphatic hydroxyl groups excluding tert-OH is 3. The van der Waals surface area contributed by atoms with Crippen LogP contribution in [-0.2, 0) is 4.79 Å². The van der Waals surface area contributed by atoms with Crippen molar-refractivity contribution in [2.24, 2.45) is 0 Å². The molecule has 27 heavy (non-hydrogen) atoms. The van der Waals surface area contributed by atoms with E-state index in [1.54, 1.807) is 42.5 Å². The molecule has 0 heterocycles. The molecule has 0 unspecified atom stereocenters. The van der Waals surface area contributed by atoms with E-state index >= 15 is 0 Å². The molecule has 5 nitrogen and oxygen atoms in total. The minimum Gasteiger partial charge on any atom is -0.481 e. The SMILES string of the molecule is CC/C=C\C[C@H](O)/C=C/C#C/C=C/C=C/[C@@H](O)[C@@H](O)C/C=C\CCC(=O)O. The van der Waals surface area contributed by atoms with Gasteiger partial charge in [-0.3, -0.25) is 4.79 Å². The maximum atomic E-state index is 10.3. The fourth-order valence-corrected chi connectivity index (χ4v) is 1.85. The van der Waals surface area contributed by atoms with Gasteiger partial charge in [-0.2, -0.15) is 0 Å². The summed E-state index contributed by atoms with van der Waals surface area (Å²) in [7, 11) is 0. The van der Waals surface area contributed by atoms with Gasteiger partial charge in [0, 0.05) is 6.42 Å². The minimum atomic E-state index is -1.02. The first-order valence-corrected chi connectivity index (χ1v) is 9.04. The molecule has 0 amide bonds. The zero-order valence-corrected chi connectivity index (χ0v) is 15.7. The van der Waals surface area contributed by atoms with Gasteiger partial charge >= 0.3 is 5.97 Å². The van der Waals surface area contributed by atoms with Crippen molar-refractivity contribution in [2.45, 2.75) is 57.3 Å². The van der Waals surface area contributed by atoms with E-state index in [1.807, 2.05) is 19.1 Å². The second kappa shape index (κ2) is 17.0. The van der Waals surface area contributed by atoms with E-state index in [1.165, 1.54) is 6.08 Å². The lowest BCUT2D eigenvalue weighted by Gasteiger charge is -2.11. The van der Waals surface area contributed by atoms with Crippen molar-refractivity contribution in [3.8, 4) is 11.8 Å². The standard InChI is InChI=1S/C22H30O5/c1-2-3-9-14-19(23)15-10-6-4-5-7-11-16-20(24)21(25)17-12-8-13-18-22(26)27/h3,5,7-12,15-16,19-21,23-25H,2,13-14,17-18H2,1H3,(H,26,27)/b7-5+,9-3-,12-8-,15-10+,16-11+/t19-,20+,21-/m0/s1. The molecule has 148 valence electrons. The minimum absolute atomic E-state index is 0.0466. The number of rotatable bonds is 12. The predicted molar refractivity (Wildman–Crippen MR) is 108 cm³/mol. The van der Waals surface area contributed by atoms with Gasteiger partial charge in [0.2, 0.25) is 0 Å². The number of aliphatic hydroxyl groups is 3.